The van der Waals surface area contributed by atoms with Crippen LogP contribution in [0.25, 0.3) is 0 Å². The minimum absolute atomic E-state index is 0.164. The van der Waals surface area contributed by atoms with E-state index in [0.29, 0.717) is 18.4 Å². The molecule has 0 aliphatic rings. The van der Waals surface area contributed by atoms with Crippen LogP contribution in [0, 0.1) is 11.8 Å². The summed E-state index contributed by atoms with van der Waals surface area (Å²) in [6.07, 6.45) is 0.918. The molecule has 0 bridgehead atoms. The van der Waals surface area contributed by atoms with E-state index in [0.717, 1.165) is 6.42 Å². The Kier molecular flexibility index (Phi) is 8.94. The van der Waals surface area contributed by atoms with Gasteiger partial charge in [-0.25, -0.2) is 0 Å². The summed E-state index contributed by atoms with van der Waals surface area (Å²) in [4.78, 5) is 0. The normalized spacial score (nSPS) is 21.2. The Morgan fingerprint density at radius 1 is 1.19 bits per heavy atom. The smallest absolute Gasteiger partial charge is 0.117 e. The molecule has 16 heavy (non-hydrogen) atoms. The zero-order valence-corrected chi connectivity index (χ0v) is 12.8. The van der Waals surface area contributed by atoms with Gasteiger partial charge in [0.1, 0.15) is 6.23 Å². The van der Waals surface area contributed by atoms with E-state index in [9.17, 15) is 0 Å². The number of ether oxygens (including phenoxy) is 2. The molecule has 0 saturated carbocycles. The fraction of sp³-hybridized carbons (Fsp3) is 1.00. The number of hydrogen-bond donors (Lipinski definition) is 2. The van der Waals surface area contributed by atoms with Crippen molar-refractivity contribution in [1.29, 1.82) is 0 Å². The van der Waals surface area contributed by atoms with E-state index in [1.807, 2.05) is 0 Å². The molecule has 0 saturated heterocycles. The first-order chi connectivity index (χ1) is 7.47. The lowest BCUT2D eigenvalue weighted by Crippen LogP contribution is -2.42. The van der Waals surface area contributed by atoms with E-state index in [1.54, 1.807) is 14.2 Å². The molecule has 4 N–H and O–H groups in total. The van der Waals surface area contributed by atoms with Gasteiger partial charge >= 0.3 is 0 Å². The number of hydrogen-bond acceptors (Lipinski definition) is 4. The SMILES string of the molecule is COC(C)C(CC(C)CN)C(I)C(N)OC. The lowest BCUT2D eigenvalue weighted by molar-refractivity contribution is 0.0251. The zero-order valence-electron chi connectivity index (χ0n) is 10.7. The number of alkyl halides is 1. The van der Waals surface area contributed by atoms with Crippen LogP contribution in [0.3, 0.4) is 0 Å². The number of methoxy groups -OCH3 is 2. The second-order valence-corrected chi connectivity index (χ2v) is 5.76. The molecular weight excluding hydrogens is 319 g/mol. The zero-order chi connectivity index (χ0) is 12.7. The van der Waals surface area contributed by atoms with Gasteiger partial charge in [0.15, 0.2) is 0 Å². The minimum atomic E-state index is -0.256. The first-order valence-corrected chi connectivity index (χ1v) is 6.87. The summed E-state index contributed by atoms with van der Waals surface area (Å²) in [5.74, 6) is 0.836. The summed E-state index contributed by atoms with van der Waals surface area (Å²) in [6, 6.07) is 0. The fourth-order valence-corrected chi connectivity index (χ4v) is 2.86. The summed E-state index contributed by atoms with van der Waals surface area (Å²) in [6.45, 7) is 4.91. The van der Waals surface area contributed by atoms with Crippen molar-refractivity contribution in [3.8, 4) is 0 Å². The highest BCUT2D eigenvalue weighted by molar-refractivity contribution is 14.1. The molecule has 0 aliphatic carbocycles. The van der Waals surface area contributed by atoms with Gasteiger partial charge in [-0.2, -0.15) is 0 Å². The maximum Gasteiger partial charge on any atom is 0.117 e. The molecular formula is C11H25IN2O2. The summed E-state index contributed by atoms with van der Waals surface area (Å²) in [5.41, 5.74) is 11.6. The lowest BCUT2D eigenvalue weighted by Gasteiger charge is -2.32. The Morgan fingerprint density at radius 2 is 1.75 bits per heavy atom. The highest BCUT2D eigenvalue weighted by Crippen LogP contribution is 2.28. The van der Waals surface area contributed by atoms with Crippen molar-refractivity contribution in [1.82, 2.24) is 0 Å². The molecule has 0 amide bonds. The molecule has 5 unspecified atom stereocenters. The molecule has 0 radical (unpaired) electrons. The molecule has 4 nitrogen and oxygen atoms in total. The molecule has 98 valence electrons. The Balaban J connectivity index is 4.52. The van der Waals surface area contributed by atoms with E-state index >= 15 is 0 Å². The van der Waals surface area contributed by atoms with Crippen molar-refractivity contribution in [2.75, 3.05) is 20.8 Å². The minimum Gasteiger partial charge on any atom is -0.381 e. The average Bonchev–Trinajstić information content (AvgIpc) is 2.32. The summed E-state index contributed by atoms with van der Waals surface area (Å²) >= 11 is 2.35. The molecule has 0 aromatic heterocycles. The molecule has 0 spiro atoms. The second kappa shape index (κ2) is 8.63. The Labute approximate surface area is 113 Å². The van der Waals surface area contributed by atoms with Crippen LogP contribution in [0.1, 0.15) is 20.3 Å². The van der Waals surface area contributed by atoms with Crippen molar-refractivity contribution in [3.63, 3.8) is 0 Å². The Morgan fingerprint density at radius 3 is 2.12 bits per heavy atom. The predicted molar refractivity (Wildman–Crippen MR) is 75.6 cm³/mol. The third-order valence-corrected chi connectivity index (χ3v) is 4.68. The number of rotatable bonds is 8. The van der Waals surface area contributed by atoms with Crippen LogP contribution in [0.2, 0.25) is 0 Å². The largest absolute Gasteiger partial charge is 0.381 e. The molecule has 0 rings (SSSR count). The quantitative estimate of drug-likeness (QED) is 0.396. The third kappa shape index (κ3) is 5.27. The van der Waals surface area contributed by atoms with Crippen LogP contribution in [-0.4, -0.2) is 37.0 Å². The van der Waals surface area contributed by atoms with Crippen molar-refractivity contribution in [3.05, 3.63) is 0 Å². The average molecular weight is 344 g/mol. The molecule has 5 atom stereocenters. The predicted octanol–water partition coefficient (Wildman–Crippen LogP) is 1.36. The number of halogens is 1. The summed E-state index contributed by atoms with van der Waals surface area (Å²) in [7, 11) is 3.36. The van der Waals surface area contributed by atoms with Crippen molar-refractivity contribution >= 4 is 22.6 Å². The van der Waals surface area contributed by atoms with Gasteiger partial charge in [0.2, 0.25) is 0 Å². The fourth-order valence-electron chi connectivity index (χ4n) is 1.69. The van der Waals surface area contributed by atoms with Gasteiger partial charge in [-0.3, -0.25) is 0 Å². The Hall–Kier alpha value is 0.570. The first-order valence-electron chi connectivity index (χ1n) is 5.63. The van der Waals surface area contributed by atoms with Gasteiger partial charge in [-0.15, -0.1) is 0 Å². The van der Waals surface area contributed by atoms with Crippen LogP contribution in [-0.2, 0) is 9.47 Å². The maximum absolute atomic E-state index is 5.91. The van der Waals surface area contributed by atoms with Gasteiger partial charge in [-0.1, -0.05) is 29.5 Å². The van der Waals surface area contributed by atoms with E-state index < -0.39 is 0 Å². The molecule has 0 aromatic carbocycles. The van der Waals surface area contributed by atoms with Crippen LogP contribution in [0.4, 0.5) is 0 Å². The second-order valence-electron chi connectivity index (χ2n) is 4.33. The first kappa shape index (κ1) is 16.6. The van der Waals surface area contributed by atoms with Crippen LogP contribution in [0.15, 0.2) is 0 Å². The maximum atomic E-state index is 5.91. The highest BCUT2D eigenvalue weighted by atomic mass is 127. The lowest BCUT2D eigenvalue weighted by atomic mass is 9.88. The Bertz CT molecular complexity index is 183. The summed E-state index contributed by atoms with van der Waals surface area (Å²) in [5, 5.41) is 0. The van der Waals surface area contributed by atoms with E-state index in [4.69, 9.17) is 20.9 Å². The molecule has 0 aliphatic heterocycles. The van der Waals surface area contributed by atoms with E-state index in [1.165, 1.54) is 0 Å². The van der Waals surface area contributed by atoms with Gasteiger partial charge in [-0.05, 0) is 25.8 Å². The third-order valence-electron chi connectivity index (χ3n) is 3.05. The van der Waals surface area contributed by atoms with Crippen molar-refractivity contribution in [2.24, 2.45) is 23.3 Å². The van der Waals surface area contributed by atoms with Gasteiger partial charge in [0.25, 0.3) is 0 Å². The van der Waals surface area contributed by atoms with E-state index in [2.05, 4.69) is 36.4 Å². The van der Waals surface area contributed by atoms with Gasteiger partial charge in [0, 0.05) is 20.1 Å². The number of nitrogens with two attached hydrogens (primary N) is 2. The van der Waals surface area contributed by atoms with Crippen LogP contribution < -0.4 is 11.5 Å². The standard InChI is InChI=1S/C11H25IN2O2/c1-7(6-13)5-9(8(2)15-3)10(12)11(14)16-4/h7-11H,5-6,13-14H2,1-4H3. The topological polar surface area (TPSA) is 70.5 Å². The molecule has 5 heteroatoms. The molecule has 0 fully saturated rings. The molecule has 0 aromatic rings. The van der Waals surface area contributed by atoms with Gasteiger partial charge in [0.05, 0.1) is 10.0 Å². The van der Waals surface area contributed by atoms with Crippen molar-refractivity contribution < 1.29 is 9.47 Å². The summed E-state index contributed by atoms with van der Waals surface area (Å²) < 4.78 is 10.8. The highest BCUT2D eigenvalue weighted by Gasteiger charge is 2.30. The monoisotopic (exact) mass is 344 g/mol. The van der Waals surface area contributed by atoms with E-state index in [-0.39, 0.29) is 16.3 Å². The van der Waals surface area contributed by atoms with Crippen LogP contribution in [0.5, 0.6) is 0 Å². The van der Waals surface area contributed by atoms with Crippen molar-refractivity contribution in [2.45, 2.75) is 36.5 Å². The van der Waals surface area contributed by atoms with Gasteiger partial charge < -0.3 is 20.9 Å². The molecule has 0 heterocycles. The van der Waals surface area contributed by atoms with Crippen LogP contribution >= 0.6 is 22.6 Å².